The van der Waals surface area contributed by atoms with Crippen LogP contribution in [0.4, 0.5) is 10.7 Å². The number of hydrogen-bond donors (Lipinski definition) is 2. The van der Waals surface area contributed by atoms with Gasteiger partial charge in [0.2, 0.25) is 0 Å². The Kier molecular flexibility index (Phi) is 4.88. The number of nitrogens with one attached hydrogen (secondary N) is 1. The van der Waals surface area contributed by atoms with Crippen LogP contribution in [0.2, 0.25) is 0 Å². The second-order valence-corrected chi connectivity index (χ2v) is 6.21. The summed E-state index contributed by atoms with van der Waals surface area (Å²) in [5, 5.41) is 4.40. The lowest BCUT2D eigenvalue weighted by Crippen LogP contribution is -2.21. The number of nitrogens with two attached hydrogens (primary N) is 1. The van der Waals surface area contributed by atoms with E-state index < -0.39 is 0 Å². The lowest BCUT2D eigenvalue weighted by molar-refractivity contribution is 0.0833. The van der Waals surface area contributed by atoms with E-state index in [-0.39, 0.29) is 5.91 Å². The van der Waals surface area contributed by atoms with Gasteiger partial charge >= 0.3 is 0 Å². The predicted octanol–water partition coefficient (Wildman–Crippen LogP) is 2.36. The Morgan fingerprint density at radius 3 is 2.75 bits per heavy atom. The fourth-order valence-electron chi connectivity index (χ4n) is 2.11. The Balaban J connectivity index is 2.17. The molecule has 1 fully saturated rings. The first-order chi connectivity index (χ1) is 9.56. The quantitative estimate of drug-likeness (QED) is 0.758. The first-order valence-electron chi connectivity index (χ1n) is 7.01. The summed E-state index contributed by atoms with van der Waals surface area (Å²) in [6.07, 6.45) is 2.33. The molecule has 0 atom stereocenters. The fourth-order valence-corrected chi connectivity index (χ4v) is 3.36. The number of carbonyl (C=O) groups excluding carboxylic acids is 1. The van der Waals surface area contributed by atoms with E-state index in [1.807, 2.05) is 6.92 Å². The monoisotopic (exact) mass is 297 g/mol. The average Bonchev–Trinajstić information content (AvgIpc) is 3.19. The minimum absolute atomic E-state index is 0.0211. The first-order valence-corrected chi connectivity index (χ1v) is 7.83. The highest BCUT2D eigenvalue weighted by Crippen LogP contribution is 2.50. The van der Waals surface area contributed by atoms with Crippen LogP contribution >= 0.6 is 11.3 Å². The van der Waals surface area contributed by atoms with Crippen LogP contribution < -0.4 is 11.1 Å². The van der Waals surface area contributed by atoms with Gasteiger partial charge in [0.15, 0.2) is 0 Å². The van der Waals surface area contributed by atoms with E-state index in [0.29, 0.717) is 29.7 Å². The molecule has 1 heterocycles. The summed E-state index contributed by atoms with van der Waals surface area (Å²) in [5.41, 5.74) is 8.00. The van der Waals surface area contributed by atoms with Gasteiger partial charge in [-0.2, -0.15) is 0 Å². The SMILES string of the molecule is CCOCCNc1sc(C(=O)N(C)C)c(N)c1C1CC1. The topological polar surface area (TPSA) is 67.6 Å². The van der Waals surface area contributed by atoms with Crippen molar-refractivity contribution in [3.05, 3.63) is 10.4 Å². The molecule has 1 aromatic rings. The zero-order chi connectivity index (χ0) is 14.7. The summed E-state index contributed by atoms with van der Waals surface area (Å²) in [5.74, 6) is 0.497. The summed E-state index contributed by atoms with van der Waals surface area (Å²) in [7, 11) is 3.50. The van der Waals surface area contributed by atoms with E-state index in [2.05, 4.69) is 5.32 Å². The van der Waals surface area contributed by atoms with Gasteiger partial charge in [-0.05, 0) is 25.7 Å². The van der Waals surface area contributed by atoms with Gasteiger partial charge in [-0.1, -0.05) is 0 Å². The van der Waals surface area contributed by atoms with Crippen LogP contribution in [0.25, 0.3) is 0 Å². The molecule has 0 aromatic carbocycles. The van der Waals surface area contributed by atoms with E-state index in [9.17, 15) is 4.79 Å². The van der Waals surface area contributed by atoms with Crippen molar-refractivity contribution in [1.82, 2.24) is 4.90 Å². The van der Waals surface area contributed by atoms with Gasteiger partial charge < -0.3 is 20.7 Å². The maximum atomic E-state index is 12.2. The molecule has 1 amide bonds. The van der Waals surface area contributed by atoms with Crippen molar-refractivity contribution in [1.29, 1.82) is 0 Å². The molecule has 0 spiro atoms. The third-order valence-corrected chi connectivity index (χ3v) is 4.47. The molecule has 0 bridgehead atoms. The highest BCUT2D eigenvalue weighted by atomic mass is 32.1. The highest BCUT2D eigenvalue weighted by molar-refractivity contribution is 7.18. The van der Waals surface area contributed by atoms with Crippen LogP contribution in [0, 0.1) is 0 Å². The largest absolute Gasteiger partial charge is 0.397 e. The number of anilines is 2. The van der Waals surface area contributed by atoms with E-state index >= 15 is 0 Å². The van der Waals surface area contributed by atoms with Gasteiger partial charge in [0, 0.05) is 32.8 Å². The second-order valence-electron chi connectivity index (χ2n) is 5.19. The highest BCUT2D eigenvalue weighted by Gasteiger charge is 2.33. The van der Waals surface area contributed by atoms with Crippen LogP contribution in [0.15, 0.2) is 0 Å². The van der Waals surface area contributed by atoms with Gasteiger partial charge in [-0.15, -0.1) is 11.3 Å². The Labute approximate surface area is 124 Å². The molecule has 1 aliphatic rings. The number of rotatable bonds is 7. The van der Waals surface area contributed by atoms with Gasteiger partial charge in [0.25, 0.3) is 5.91 Å². The van der Waals surface area contributed by atoms with Crippen molar-refractivity contribution in [3.8, 4) is 0 Å². The molecular weight excluding hydrogens is 274 g/mol. The number of nitrogens with zero attached hydrogens (tertiary/aromatic N) is 1. The van der Waals surface area contributed by atoms with Gasteiger partial charge in [-0.3, -0.25) is 4.79 Å². The number of amides is 1. The Bertz CT molecular complexity index is 481. The molecule has 0 unspecified atom stereocenters. The van der Waals surface area contributed by atoms with Crippen LogP contribution in [0.5, 0.6) is 0 Å². The number of hydrogen-bond acceptors (Lipinski definition) is 5. The van der Waals surface area contributed by atoms with E-state index in [0.717, 1.165) is 30.0 Å². The van der Waals surface area contributed by atoms with Crippen LogP contribution in [-0.2, 0) is 4.74 Å². The van der Waals surface area contributed by atoms with Crippen molar-refractivity contribution in [2.75, 3.05) is 44.9 Å². The van der Waals surface area contributed by atoms with Gasteiger partial charge in [0.1, 0.15) is 4.88 Å². The van der Waals surface area contributed by atoms with Crippen LogP contribution in [-0.4, -0.2) is 44.7 Å². The normalized spacial score (nSPS) is 14.3. The van der Waals surface area contributed by atoms with E-state index in [1.165, 1.54) is 11.3 Å². The molecule has 1 aromatic heterocycles. The molecule has 0 aliphatic heterocycles. The van der Waals surface area contributed by atoms with E-state index in [4.69, 9.17) is 10.5 Å². The third kappa shape index (κ3) is 3.24. The maximum absolute atomic E-state index is 12.2. The zero-order valence-electron chi connectivity index (χ0n) is 12.4. The van der Waals surface area contributed by atoms with Crippen molar-refractivity contribution >= 4 is 27.9 Å². The van der Waals surface area contributed by atoms with Crippen molar-refractivity contribution in [3.63, 3.8) is 0 Å². The lowest BCUT2D eigenvalue weighted by Gasteiger charge is -2.08. The lowest BCUT2D eigenvalue weighted by atomic mass is 10.1. The Morgan fingerprint density at radius 2 is 2.20 bits per heavy atom. The maximum Gasteiger partial charge on any atom is 0.265 e. The number of carbonyl (C=O) groups is 1. The summed E-state index contributed by atoms with van der Waals surface area (Å²) in [6, 6.07) is 0. The molecule has 20 heavy (non-hydrogen) atoms. The molecule has 0 radical (unpaired) electrons. The molecule has 1 aliphatic carbocycles. The molecular formula is C14H23N3O2S. The first kappa shape index (κ1) is 15.1. The van der Waals surface area contributed by atoms with Gasteiger partial charge in [0.05, 0.1) is 17.3 Å². The average molecular weight is 297 g/mol. The molecule has 3 N–H and O–H groups in total. The number of thiophene rings is 1. The molecule has 2 rings (SSSR count). The third-order valence-electron chi connectivity index (χ3n) is 3.31. The van der Waals surface area contributed by atoms with E-state index in [1.54, 1.807) is 19.0 Å². The molecule has 112 valence electrons. The van der Waals surface area contributed by atoms with Crippen molar-refractivity contribution in [2.24, 2.45) is 0 Å². The Hall–Kier alpha value is -1.27. The zero-order valence-corrected chi connectivity index (χ0v) is 13.2. The fraction of sp³-hybridized carbons (Fsp3) is 0.643. The summed E-state index contributed by atoms with van der Waals surface area (Å²) in [4.78, 5) is 14.4. The summed E-state index contributed by atoms with van der Waals surface area (Å²) >= 11 is 1.47. The smallest absolute Gasteiger partial charge is 0.265 e. The molecule has 5 nitrogen and oxygen atoms in total. The van der Waals surface area contributed by atoms with Crippen molar-refractivity contribution in [2.45, 2.75) is 25.7 Å². The van der Waals surface area contributed by atoms with Gasteiger partial charge in [-0.25, -0.2) is 0 Å². The van der Waals surface area contributed by atoms with Crippen LogP contribution in [0.3, 0.4) is 0 Å². The summed E-state index contributed by atoms with van der Waals surface area (Å²) < 4.78 is 5.33. The van der Waals surface area contributed by atoms with Crippen LogP contribution in [0.1, 0.15) is 40.9 Å². The second kappa shape index (κ2) is 6.45. The molecule has 1 saturated carbocycles. The minimum Gasteiger partial charge on any atom is -0.397 e. The van der Waals surface area contributed by atoms with Crippen molar-refractivity contribution < 1.29 is 9.53 Å². The molecule has 0 saturated heterocycles. The standard InChI is InChI=1S/C14H23N3O2S/c1-4-19-8-7-16-13-10(9-5-6-9)11(15)12(20-13)14(18)17(2)3/h9,16H,4-8,15H2,1-3H3. The predicted molar refractivity (Wildman–Crippen MR) is 83.7 cm³/mol. The minimum atomic E-state index is -0.0211. The Morgan fingerprint density at radius 1 is 1.50 bits per heavy atom. The number of nitrogen functional groups attached to an aromatic ring is 1. The number of ether oxygens (including phenoxy) is 1. The molecule has 6 heteroatoms. The summed E-state index contributed by atoms with van der Waals surface area (Å²) in [6.45, 7) is 4.10.